The second-order valence-corrected chi connectivity index (χ2v) is 21.0. The highest BCUT2D eigenvalue weighted by Gasteiger charge is 2.33. The number of amides is 9. The Kier molecular flexibility index (Phi) is 43.1. The zero-order chi connectivity index (χ0) is 63.7. The summed E-state index contributed by atoms with van der Waals surface area (Å²) in [5.74, 6) is -5.80. The molecule has 0 bridgehead atoms. The fourth-order valence-corrected chi connectivity index (χ4v) is 8.78. The molecule has 9 amide bonds. The van der Waals surface area contributed by atoms with Gasteiger partial charge in [-0.2, -0.15) is 5.21 Å². The molecule has 1 aromatic rings. The lowest BCUT2D eigenvalue weighted by Crippen LogP contribution is -2.60. The molecule has 1 aromatic heterocycles. The molecule has 30 heteroatoms. The summed E-state index contributed by atoms with van der Waals surface area (Å²) in [6, 6.07) is -6.82. The van der Waals surface area contributed by atoms with Crippen molar-refractivity contribution in [2.75, 3.05) is 86.1 Å². The van der Waals surface area contributed by atoms with Crippen LogP contribution in [-0.4, -0.2) is 207 Å². The maximum absolute atomic E-state index is 13.8. The molecule has 0 radical (unpaired) electrons. The predicted octanol–water partition coefficient (Wildman–Crippen LogP) is -0.823. The van der Waals surface area contributed by atoms with Crippen molar-refractivity contribution in [3.63, 3.8) is 0 Å². The molecular formula is C57H99N15O15. The molecular weight excluding hydrogens is 1130 g/mol. The molecule has 0 saturated carbocycles. The van der Waals surface area contributed by atoms with Crippen LogP contribution in [0.4, 0.5) is 0 Å². The monoisotopic (exact) mass is 1230 g/mol. The molecule has 492 valence electrons. The number of nitrogens with zero attached hydrogens (tertiary/aromatic N) is 4. The number of aryl methyl sites for hydroxylation is 1. The summed E-state index contributed by atoms with van der Waals surface area (Å²) in [4.78, 5) is 132. The van der Waals surface area contributed by atoms with E-state index in [2.05, 4.69) is 68.2 Å². The number of hydrogen-bond acceptors (Lipinski definition) is 20. The van der Waals surface area contributed by atoms with Crippen LogP contribution < -0.4 is 54.0 Å². The molecule has 30 nitrogen and oxygen atoms in total. The van der Waals surface area contributed by atoms with Gasteiger partial charge in [-0.3, -0.25) is 52.9 Å². The lowest BCUT2D eigenvalue weighted by atomic mass is 10.0. The van der Waals surface area contributed by atoms with Crippen LogP contribution in [0.2, 0.25) is 0 Å². The number of aliphatic imine (C=N–C) groups is 1. The van der Waals surface area contributed by atoms with Crippen LogP contribution in [0.1, 0.15) is 160 Å². The normalized spacial score (nSPS) is 13.5. The summed E-state index contributed by atoms with van der Waals surface area (Å²) in [7, 11) is 1.42. The molecule has 1 aliphatic heterocycles. The minimum atomic E-state index is -1.64. The van der Waals surface area contributed by atoms with Crippen LogP contribution in [-0.2, 0) is 73.3 Å². The number of tetrazole rings is 1. The Balaban J connectivity index is 1.56. The number of aliphatic hydroxyl groups is 1. The average Bonchev–Trinajstić information content (AvgIpc) is 4.32. The van der Waals surface area contributed by atoms with Gasteiger partial charge in [0.05, 0.1) is 46.2 Å². The average molecular weight is 1230 g/mol. The highest BCUT2D eigenvalue weighted by Crippen LogP contribution is 2.16. The smallest absolute Gasteiger partial charge is 0.246 e. The van der Waals surface area contributed by atoms with Crippen molar-refractivity contribution >= 4 is 65.2 Å². The molecule has 0 saturated heterocycles. The number of unbranched alkanes of at least 4 members (excludes halogenated alkanes) is 13. The highest BCUT2D eigenvalue weighted by atomic mass is 16.5. The first-order valence-electron chi connectivity index (χ1n) is 30.7. The van der Waals surface area contributed by atoms with Gasteiger partial charge in [0.25, 0.3) is 0 Å². The molecule has 0 unspecified atom stereocenters. The summed E-state index contributed by atoms with van der Waals surface area (Å²) in [5, 5.41) is 43.7. The SMILES string of the molecule is CCCC[C@H](NC(=O)[C@H](CN)NC(=O)[C@H](CC1=CCC=N1)NC(=O)[C@H](CCC(N)=O)NC(=O)[C@H](CO)NC(=O)CNC(=O)COCCOCCNC(=O)COCCOCCCC(=O)CCCCCCCCCCCCCCCc1nn[nH]n1)C(=O)NC. The van der Waals surface area contributed by atoms with Gasteiger partial charge in [0, 0.05) is 77.2 Å². The summed E-state index contributed by atoms with van der Waals surface area (Å²) in [6.45, 7) is 0.716. The molecule has 1 aliphatic rings. The zero-order valence-corrected chi connectivity index (χ0v) is 51.1. The Hall–Kier alpha value is -6.86. The van der Waals surface area contributed by atoms with Crippen LogP contribution in [0.25, 0.3) is 0 Å². The number of rotatable bonds is 55. The van der Waals surface area contributed by atoms with Gasteiger partial charge in [-0.1, -0.05) is 102 Å². The minimum Gasteiger partial charge on any atom is -0.394 e. The molecule has 0 aromatic carbocycles. The van der Waals surface area contributed by atoms with Crippen molar-refractivity contribution in [1.29, 1.82) is 0 Å². The van der Waals surface area contributed by atoms with E-state index >= 15 is 0 Å². The lowest BCUT2D eigenvalue weighted by molar-refractivity contribution is -0.135. The quantitative estimate of drug-likeness (QED) is 0.0354. The highest BCUT2D eigenvalue weighted by molar-refractivity contribution is 5.97. The van der Waals surface area contributed by atoms with Crippen molar-refractivity contribution < 1.29 is 72.0 Å². The van der Waals surface area contributed by atoms with E-state index in [1.807, 2.05) is 6.92 Å². The van der Waals surface area contributed by atoms with E-state index in [0.29, 0.717) is 57.4 Å². The number of H-pyrrole nitrogens is 1. The van der Waals surface area contributed by atoms with E-state index in [-0.39, 0.29) is 70.7 Å². The number of nitrogens with two attached hydrogens (primary N) is 2. The lowest BCUT2D eigenvalue weighted by Gasteiger charge is -2.26. The van der Waals surface area contributed by atoms with Crippen molar-refractivity contribution in [3.8, 4) is 0 Å². The Morgan fingerprint density at radius 2 is 1.13 bits per heavy atom. The third-order valence-corrected chi connectivity index (χ3v) is 13.7. The summed E-state index contributed by atoms with van der Waals surface area (Å²) >= 11 is 0. The number of Topliss-reactive ketones (excluding diaryl/α,β-unsaturated/α-hetero) is 1. The van der Waals surface area contributed by atoms with Gasteiger partial charge < -0.3 is 78.1 Å². The first-order chi connectivity index (χ1) is 42.1. The van der Waals surface area contributed by atoms with Crippen LogP contribution in [0.3, 0.4) is 0 Å². The van der Waals surface area contributed by atoms with Crippen molar-refractivity contribution in [2.24, 2.45) is 16.5 Å². The van der Waals surface area contributed by atoms with Crippen molar-refractivity contribution in [1.82, 2.24) is 63.2 Å². The van der Waals surface area contributed by atoms with Gasteiger partial charge in [0.2, 0.25) is 53.2 Å². The first-order valence-corrected chi connectivity index (χ1v) is 30.7. The van der Waals surface area contributed by atoms with Gasteiger partial charge in [-0.15, -0.1) is 10.2 Å². The van der Waals surface area contributed by atoms with Crippen LogP contribution in [0.5, 0.6) is 0 Å². The topological polar surface area (TPSA) is 443 Å². The number of allylic oxidation sites excluding steroid dienone is 1. The molecule has 0 aliphatic carbocycles. The maximum atomic E-state index is 13.8. The number of nitrogens with one attached hydrogen (secondary N) is 9. The summed E-state index contributed by atoms with van der Waals surface area (Å²) < 4.78 is 21.6. The zero-order valence-electron chi connectivity index (χ0n) is 51.1. The number of likely N-dealkylation sites (N-methyl/N-ethyl adjacent to an activating group) is 1. The van der Waals surface area contributed by atoms with E-state index in [4.69, 9.17) is 30.4 Å². The van der Waals surface area contributed by atoms with Crippen molar-refractivity contribution in [3.05, 3.63) is 17.6 Å². The molecule has 2 rings (SSSR count). The van der Waals surface area contributed by atoms with Gasteiger partial charge in [0.15, 0.2) is 5.82 Å². The minimum absolute atomic E-state index is 0.000468. The number of carbonyl (C=O) groups is 10. The van der Waals surface area contributed by atoms with Crippen molar-refractivity contribution in [2.45, 2.75) is 191 Å². The van der Waals surface area contributed by atoms with Gasteiger partial charge >= 0.3 is 0 Å². The summed E-state index contributed by atoms with van der Waals surface area (Å²) in [6.07, 6.45) is 22.9. The Labute approximate surface area is 510 Å². The molecule has 2 heterocycles. The fraction of sp³-hybridized carbons (Fsp3) is 0.754. The Morgan fingerprint density at radius 3 is 1.70 bits per heavy atom. The van der Waals surface area contributed by atoms with Crippen LogP contribution >= 0.6 is 0 Å². The number of ether oxygens (including phenoxy) is 4. The van der Waals surface area contributed by atoms with E-state index < -0.39 is 104 Å². The molecule has 14 N–H and O–H groups in total. The van der Waals surface area contributed by atoms with Crippen LogP contribution in [0.15, 0.2) is 16.8 Å². The predicted molar refractivity (Wildman–Crippen MR) is 320 cm³/mol. The summed E-state index contributed by atoms with van der Waals surface area (Å²) in [5.41, 5.74) is 11.6. The molecule has 0 spiro atoms. The van der Waals surface area contributed by atoms with E-state index in [0.717, 1.165) is 37.9 Å². The third kappa shape index (κ3) is 38.1. The first kappa shape index (κ1) is 76.2. The van der Waals surface area contributed by atoms with Crippen LogP contribution in [0, 0.1) is 0 Å². The van der Waals surface area contributed by atoms with Gasteiger partial charge in [0.1, 0.15) is 49.2 Å². The molecule has 87 heavy (non-hydrogen) atoms. The number of aliphatic hydroxyl groups excluding tert-OH is 1. The standard InChI is InChI=1S/C57H99N15O15/c1-3-4-23-43(53(79)60-2)65-56(82)46(36-58)68-55(81)45(35-41-20-18-27-61-41)67-54(80)44(25-26-48(59)75)66-57(83)47(38-73)64-50(76)37-63-52(78)40-87-34-32-85-30-28-62-51(77)39-86-33-31-84-29-19-22-42(74)21-16-14-12-10-8-6-5-7-9-11-13-15-17-24-49-69-71-72-70-49/h20,27,43-47,73H,3-19,21-26,28-40,58H2,1-2H3,(H2,59,75)(H,60,79)(H,62,77)(H,63,78)(H,64,76)(H,65,82)(H,66,83)(H,67,80)(H,68,81)(H,69,70,71,72)/t43-,44-,45-,46-,47-/m0/s1. The number of ketones is 1. The number of aromatic amines is 1. The largest absolute Gasteiger partial charge is 0.394 e. The van der Waals surface area contributed by atoms with Gasteiger partial charge in [-0.05, 0) is 32.1 Å². The fourth-order valence-electron chi connectivity index (χ4n) is 8.78. The molecule has 5 atom stereocenters. The van der Waals surface area contributed by atoms with Gasteiger partial charge in [-0.25, -0.2) is 0 Å². The second-order valence-electron chi connectivity index (χ2n) is 21.0. The molecule has 0 fully saturated rings. The van der Waals surface area contributed by atoms with E-state index in [1.165, 1.54) is 71.3 Å². The number of hydrogen-bond donors (Lipinski definition) is 12. The Bertz CT molecular complexity index is 2240. The van der Waals surface area contributed by atoms with E-state index in [1.54, 1.807) is 12.3 Å². The second kappa shape index (κ2) is 49.2. The maximum Gasteiger partial charge on any atom is 0.246 e. The Morgan fingerprint density at radius 1 is 0.586 bits per heavy atom. The van der Waals surface area contributed by atoms with E-state index in [9.17, 15) is 53.1 Å². The third-order valence-electron chi connectivity index (χ3n) is 13.7. The number of carbonyl (C=O) groups excluding carboxylic acids is 10. The number of aromatic nitrogens is 4. The number of primary amides is 1.